The lowest BCUT2D eigenvalue weighted by Crippen LogP contribution is -2.33. The molecule has 0 saturated carbocycles. The smallest absolute Gasteiger partial charge is 0.323 e. The van der Waals surface area contributed by atoms with Crippen molar-refractivity contribution in [1.29, 1.82) is 0 Å². The van der Waals surface area contributed by atoms with Gasteiger partial charge in [-0.1, -0.05) is 6.07 Å². The standard InChI is InChI=1S/C16H23NO3/c1-5-20-16(18)14-8-7-13(17-14)12-6-9-15(19-4)11(3)10(12)2/h6,9,13-14,17H,5,7-8H2,1-4H3. The first-order valence-corrected chi connectivity index (χ1v) is 7.15. The van der Waals surface area contributed by atoms with Gasteiger partial charge in [-0.15, -0.1) is 0 Å². The molecule has 2 unspecified atom stereocenters. The number of rotatable bonds is 4. The third-order valence-electron chi connectivity index (χ3n) is 4.09. The van der Waals surface area contributed by atoms with E-state index in [9.17, 15) is 4.79 Å². The molecule has 4 heteroatoms. The molecule has 0 spiro atoms. The van der Waals surface area contributed by atoms with Crippen molar-refractivity contribution >= 4 is 5.97 Å². The zero-order valence-corrected chi connectivity index (χ0v) is 12.7. The molecule has 0 aliphatic carbocycles. The van der Waals surface area contributed by atoms with E-state index < -0.39 is 0 Å². The van der Waals surface area contributed by atoms with Gasteiger partial charge >= 0.3 is 5.97 Å². The van der Waals surface area contributed by atoms with E-state index in [1.54, 1.807) is 7.11 Å². The fraction of sp³-hybridized carbons (Fsp3) is 0.562. The molecular formula is C16H23NO3. The number of esters is 1. The predicted molar refractivity (Wildman–Crippen MR) is 78.0 cm³/mol. The van der Waals surface area contributed by atoms with Crippen LogP contribution in [0.3, 0.4) is 0 Å². The molecule has 1 saturated heterocycles. The summed E-state index contributed by atoms with van der Waals surface area (Å²) in [6.07, 6.45) is 1.78. The van der Waals surface area contributed by atoms with Crippen molar-refractivity contribution in [3.05, 3.63) is 28.8 Å². The topological polar surface area (TPSA) is 47.6 Å². The van der Waals surface area contributed by atoms with E-state index in [2.05, 4.69) is 25.2 Å². The first kappa shape index (κ1) is 14.9. The number of benzene rings is 1. The highest BCUT2D eigenvalue weighted by Gasteiger charge is 2.31. The second kappa shape index (κ2) is 6.27. The fourth-order valence-corrected chi connectivity index (χ4v) is 2.83. The van der Waals surface area contributed by atoms with Crippen LogP contribution in [0.15, 0.2) is 12.1 Å². The maximum Gasteiger partial charge on any atom is 0.323 e. The van der Waals surface area contributed by atoms with Crippen LogP contribution >= 0.6 is 0 Å². The summed E-state index contributed by atoms with van der Waals surface area (Å²) in [5.41, 5.74) is 3.63. The summed E-state index contributed by atoms with van der Waals surface area (Å²) in [4.78, 5) is 11.8. The van der Waals surface area contributed by atoms with E-state index >= 15 is 0 Å². The van der Waals surface area contributed by atoms with Gasteiger partial charge in [0.05, 0.1) is 13.7 Å². The molecule has 1 heterocycles. The van der Waals surface area contributed by atoms with Gasteiger partial charge in [0.1, 0.15) is 11.8 Å². The Morgan fingerprint density at radius 2 is 2.05 bits per heavy atom. The molecule has 4 nitrogen and oxygen atoms in total. The number of nitrogens with one attached hydrogen (secondary N) is 1. The Morgan fingerprint density at radius 3 is 2.70 bits per heavy atom. The Morgan fingerprint density at radius 1 is 1.30 bits per heavy atom. The van der Waals surface area contributed by atoms with Crippen LogP contribution < -0.4 is 10.1 Å². The second-order valence-electron chi connectivity index (χ2n) is 5.21. The first-order valence-electron chi connectivity index (χ1n) is 7.15. The number of methoxy groups -OCH3 is 1. The monoisotopic (exact) mass is 277 g/mol. The highest BCUT2D eigenvalue weighted by atomic mass is 16.5. The second-order valence-corrected chi connectivity index (χ2v) is 5.21. The Hall–Kier alpha value is -1.55. The Bertz CT molecular complexity index is 499. The third kappa shape index (κ3) is 2.80. The normalized spacial score (nSPS) is 21.8. The Balaban J connectivity index is 2.14. The zero-order valence-electron chi connectivity index (χ0n) is 12.7. The minimum absolute atomic E-state index is 0.141. The van der Waals surface area contributed by atoms with Crippen LogP contribution in [0.4, 0.5) is 0 Å². The third-order valence-corrected chi connectivity index (χ3v) is 4.09. The molecule has 1 aliphatic heterocycles. The van der Waals surface area contributed by atoms with Crippen LogP contribution in [-0.2, 0) is 9.53 Å². The molecule has 1 aromatic rings. The van der Waals surface area contributed by atoms with Crippen molar-refractivity contribution in [3.63, 3.8) is 0 Å². The van der Waals surface area contributed by atoms with Crippen molar-refractivity contribution in [3.8, 4) is 5.75 Å². The van der Waals surface area contributed by atoms with Gasteiger partial charge in [-0.3, -0.25) is 10.1 Å². The highest BCUT2D eigenvalue weighted by molar-refractivity contribution is 5.76. The van der Waals surface area contributed by atoms with Gasteiger partial charge in [0.15, 0.2) is 0 Å². The van der Waals surface area contributed by atoms with Crippen LogP contribution in [0, 0.1) is 13.8 Å². The van der Waals surface area contributed by atoms with Crippen molar-refractivity contribution in [2.45, 2.75) is 45.7 Å². The van der Waals surface area contributed by atoms with Gasteiger partial charge in [0.2, 0.25) is 0 Å². The molecule has 2 atom stereocenters. The van der Waals surface area contributed by atoms with E-state index in [0.717, 1.165) is 24.2 Å². The van der Waals surface area contributed by atoms with E-state index in [-0.39, 0.29) is 18.1 Å². The molecule has 1 aliphatic rings. The van der Waals surface area contributed by atoms with Crippen LogP contribution in [-0.4, -0.2) is 25.7 Å². The molecule has 1 N–H and O–H groups in total. The SMILES string of the molecule is CCOC(=O)C1CCC(c2ccc(OC)c(C)c2C)N1. The molecule has 110 valence electrons. The molecule has 20 heavy (non-hydrogen) atoms. The Labute approximate surface area is 120 Å². The van der Waals surface area contributed by atoms with Gasteiger partial charge < -0.3 is 9.47 Å². The molecule has 0 radical (unpaired) electrons. The van der Waals surface area contributed by atoms with Gasteiger partial charge in [-0.05, 0) is 56.4 Å². The lowest BCUT2D eigenvalue weighted by molar-refractivity contribution is -0.145. The molecule has 0 amide bonds. The maximum absolute atomic E-state index is 11.8. The molecule has 0 aromatic heterocycles. The van der Waals surface area contributed by atoms with Crippen LogP contribution in [0.25, 0.3) is 0 Å². The van der Waals surface area contributed by atoms with Crippen molar-refractivity contribution < 1.29 is 14.3 Å². The van der Waals surface area contributed by atoms with Crippen LogP contribution in [0.2, 0.25) is 0 Å². The lowest BCUT2D eigenvalue weighted by Gasteiger charge is -2.18. The molecular weight excluding hydrogens is 254 g/mol. The average molecular weight is 277 g/mol. The number of hydrogen-bond acceptors (Lipinski definition) is 4. The molecule has 0 bridgehead atoms. The summed E-state index contributed by atoms with van der Waals surface area (Å²) in [5.74, 6) is 0.768. The summed E-state index contributed by atoms with van der Waals surface area (Å²) in [6.45, 7) is 6.44. The minimum atomic E-state index is -0.179. The number of carbonyl (C=O) groups excluding carboxylic acids is 1. The van der Waals surface area contributed by atoms with Crippen LogP contribution in [0.5, 0.6) is 5.75 Å². The van der Waals surface area contributed by atoms with Gasteiger partial charge in [0, 0.05) is 6.04 Å². The summed E-state index contributed by atoms with van der Waals surface area (Å²) in [7, 11) is 1.69. The van der Waals surface area contributed by atoms with Gasteiger partial charge in [-0.25, -0.2) is 0 Å². The predicted octanol–water partition coefficient (Wildman–Crippen LogP) is 2.67. The fourth-order valence-electron chi connectivity index (χ4n) is 2.83. The van der Waals surface area contributed by atoms with Crippen molar-refractivity contribution in [2.24, 2.45) is 0 Å². The number of carbonyl (C=O) groups is 1. The summed E-state index contributed by atoms with van der Waals surface area (Å²) in [6, 6.07) is 4.12. The summed E-state index contributed by atoms with van der Waals surface area (Å²) in [5, 5.41) is 3.38. The van der Waals surface area contributed by atoms with Gasteiger partial charge in [0.25, 0.3) is 0 Å². The minimum Gasteiger partial charge on any atom is -0.496 e. The van der Waals surface area contributed by atoms with E-state index in [4.69, 9.17) is 9.47 Å². The average Bonchev–Trinajstić information content (AvgIpc) is 2.91. The molecule has 1 aromatic carbocycles. The largest absolute Gasteiger partial charge is 0.496 e. The Kier molecular flexibility index (Phi) is 4.65. The molecule has 1 fully saturated rings. The first-order chi connectivity index (χ1) is 9.58. The van der Waals surface area contributed by atoms with Gasteiger partial charge in [-0.2, -0.15) is 0 Å². The molecule has 2 rings (SSSR count). The highest BCUT2D eigenvalue weighted by Crippen LogP contribution is 2.33. The summed E-state index contributed by atoms with van der Waals surface area (Å²) < 4.78 is 10.4. The van der Waals surface area contributed by atoms with Crippen molar-refractivity contribution in [1.82, 2.24) is 5.32 Å². The summed E-state index contributed by atoms with van der Waals surface area (Å²) >= 11 is 0. The number of hydrogen-bond donors (Lipinski definition) is 1. The number of ether oxygens (including phenoxy) is 2. The lowest BCUT2D eigenvalue weighted by atomic mass is 9.96. The maximum atomic E-state index is 11.8. The quantitative estimate of drug-likeness (QED) is 0.860. The van der Waals surface area contributed by atoms with E-state index in [1.807, 2.05) is 13.0 Å². The zero-order chi connectivity index (χ0) is 14.7. The van der Waals surface area contributed by atoms with Crippen LogP contribution in [0.1, 0.15) is 42.5 Å². The van der Waals surface area contributed by atoms with E-state index in [0.29, 0.717) is 6.61 Å². The van der Waals surface area contributed by atoms with Crippen molar-refractivity contribution in [2.75, 3.05) is 13.7 Å². The van der Waals surface area contributed by atoms with E-state index in [1.165, 1.54) is 11.1 Å².